The summed E-state index contributed by atoms with van der Waals surface area (Å²) in [4.78, 5) is 0. The molecule has 0 radical (unpaired) electrons. The highest BCUT2D eigenvalue weighted by molar-refractivity contribution is 4.57. The van der Waals surface area contributed by atoms with Crippen LogP contribution in [0.4, 0.5) is 0 Å². The zero-order chi connectivity index (χ0) is 11.4. The Hall–Kier alpha value is -0.0800. The van der Waals surface area contributed by atoms with Crippen molar-refractivity contribution in [2.45, 2.75) is 58.8 Å². The summed E-state index contributed by atoms with van der Waals surface area (Å²) >= 11 is 0. The van der Waals surface area contributed by atoms with E-state index in [0.29, 0.717) is 6.61 Å². The van der Waals surface area contributed by atoms with Crippen LogP contribution in [0.2, 0.25) is 0 Å². The lowest BCUT2D eigenvalue weighted by Gasteiger charge is -2.13. The molecule has 15 heavy (non-hydrogen) atoms. The first-order valence-electron chi connectivity index (χ1n) is 6.53. The highest BCUT2D eigenvalue weighted by Gasteiger charge is 2.04. The molecule has 1 atom stereocenters. The van der Waals surface area contributed by atoms with Gasteiger partial charge in [0.2, 0.25) is 0 Å². The van der Waals surface area contributed by atoms with Gasteiger partial charge in [0, 0.05) is 6.61 Å². The Labute approximate surface area is 95.0 Å². The zero-order valence-corrected chi connectivity index (χ0v) is 10.5. The predicted octanol–water partition coefficient (Wildman–Crippen LogP) is 3.38. The maximum Gasteiger partial charge on any atom is 0.0697 e. The number of aliphatic hydroxyl groups excluding tert-OH is 1. The van der Waals surface area contributed by atoms with Crippen molar-refractivity contribution in [3.05, 3.63) is 0 Å². The lowest BCUT2D eigenvalue weighted by Crippen LogP contribution is -2.03. The monoisotopic (exact) mass is 216 g/mol. The summed E-state index contributed by atoms with van der Waals surface area (Å²) in [5.41, 5.74) is 0. The Morgan fingerprint density at radius 1 is 1.00 bits per heavy atom. The van der Waals surface area contributed by atoms with Gasteiger partial charge >= 0.3 is 0 Å². The van der Waals surface area contributed by atoms with Crippen molar-refractivity contribution < 1.29 is 9.84 Å². The van der Waals surface area contributed by atoms with Crippen LogP contribution in [-0.4, -0.2) is 24.9 Å². The summed E-state index contributed by atoms with van der Waals surface area (Å²) in [6.45, 7) is 6.00. The zero-order valence-electron chi connectivity index (χ0n) is 10.5. The summed E-state index contributed by atoms with van der Waals surface area (Å²) in [6.07, 6.45) is 9.16. The van der Waals surface area contributed by atoms with Gasteiger partial charge in [-0.15, -0.1) is 0 Å². The number of hydrogen-bond donors (Lipinski definition) is 1. The molecule has 0 saturated heterocycles. The van der Waals surface area contributed by atoms with Gasteiger partial charge in [0.05, 0.1) is 13.2 Å². The lowest BCUT2D eigenvalue weighted by molar-refractivity contribution is 0.0889. The number of unbranched alkanes of at least 4 members (excludes halogenated alkanes) is 2. The Morgan fingerprint density at radius 3 is 2.33 bits per heavy atom. The van der Waals surface area contributed by atoms with Gasteiger partial charge in [-0.3, -0.25) is 0 Å². The summed E-state index contributed by atoms with van der Waals surface area (Å²) in [5.74, 6) is 0.919. The third kappa shape index (κ3) is 10.2. The molecule has 0 aromatic rings. The SMILES string of the molecule is CCCCC(CC)CCCCOCCO. The molecular formula is C13H28O2. The molecule has 2 heteroatoms. The average Bonchev–Trinajstić information content (AvgIpc) is 2.27. The van der Waals surface area contributed by atoms with E-state index in [1.807, 2.05) is 0 Å². The Balaban J connectivity index is 3.22. The largest absolute Gasteiger partial charge is 0.394 e. The third-order valence-corrected chi connectivity index (χ3v) is 2.93. The standard InChI is InChI=1S/C13H28O2/c1-3-5-8-13(4-2)9-6-7-11-15-12-10-14/h13-14H,3-12H2,1-2H3. The first-order valence-corrected chi connectivity index (χ1v) is 6.53. The first-order chi connectivity index (χ1) is 7.35. The van der Waals surface area contributed by atoms with Gasteiger partial charge in [-0.1, -0.05) is 52.4 Å². The number of hydrogen-bond acceptors (Lipinski definition) is 2. The van der Waals surface area contributed by atoms with Gasteiger partial charge in [0.1, 0.15) is 0 Å². The van der Waals surface area contributed by atoms with Crippen molar-refractivity contribution in [3.8, 4) is 0 Å². The van der Waals surface area contributed by atoms with Crippen molar-refractivity contribution in [1.82, 2.24) is 0 Å². The molecule has 1 unspecified atom stereocenters. The molecule has 1 N–H and O–H groups in total. The maximum absolute atomic E-state index is 8.52. The topological polar surface area (TPSA) is 29.5 Å². The van der Waals surface area contributed by atoms with Gasteiger partial charge in [-0.25, -0.2) is 0 Å². The highest BCUT2D eigenvalue weighted by atomic mass is 16.5. The molecule has 0 aromatic carbocycles. The molecule has 0 fully saturated rings. The van der Waals surface area contributed by atoms with Gasteiger partial charge in [-0.05, 0) is 12.3 Å². The van der Waals surface area contributed by atoms with Crippen LogP contribution in [0.25, 0.3) is 0 Å². The van der Waals surface area contributed by atoms with Gasteiger partial charge in [-0.2, -0.15) is 0 Å². The molecule has 0 rings (SSSR count). The molecule has 92 valence electrons. The first kappa shape index (κ1) is 14.9. The van der Waals surface area contributed by atoms with Crippen LogP contribution in [0.3, 0.4) is 0 Å². The van der Waals surface area contributed by atoms with Crippen LogP contribution in [0.1, 0.15) is 58.8 Å². The lowest BCUT2D eigenvalue weighted by atomic mass is 9.94. The van der Waals surface area contributed by atoms with E-state index in [1.54, 1.807) is 0 Å². The molecular weight excluding hydrogens is 188 g/mol. The normalized spacial score (nSPS) is 13.0. The highest BCUT2D eigenvalue weighted by Crippen LogP contribution is 2.19. The Morgan fingerprint density at radius 2 is 1.73 bits per heavy atom. The van der Waals surface area contributed by atoms with Crippen molar-refractivity contribution in [1.29, 1.82) is 0 Å². The number of ether oxygens (including phenoxy) is 1. The molecule has 0 heterocycles. The Bertz CT molecular complexity index is 115. The molecule has 0 aliphatic rings. The molecule has 0 aromatic heterocycles. The predicted molar refractivity (Wildman–Crippen MR) is 65.1 cm³/mol. The minimum absolute atomic E-state index is 0.147. The van der Waals surface area contributed by atoms with E-state index < -0.39 is 0 Å². The summed E-state index contributed by atoms with van der Waals surface area (Å²) < 4.78 is 5.23. The van der Waals surface area contributed by atoms with E-state index in [2.05, 4.69) is 13.8 Å². The van der Waals surface area contributed by atoms with E-state index in [0.717, 1.165) is 18.9 Å². The van der Waals surface area contributed by atoms with Crippen LogP contribution in [-0.2, 0) is 4.74 Å². The quantitative estimate of drug-likeness (QED) is 0.536. The van der Waals surface area contributed by atoms with Crippen LogP contribution in [0.15, 0.2) is 0 Å². The van der Waals surface area contributed by atoms with E-state index >= 15 is 0 Å². The minimum atomic E-state index is 0.147. The van der Waals surface area contributed by atoms with E-state index in [-0.39, 0.29) is 6.61 Å². The van der Waals surface area contributed by atoms with Crippen molar-refractivity contribution in [3.63, 3.8) is 0 Å². The van der Waals surface area contributed by atoms with Crippen molar-refractivity contribution in [2.24, 2.45) is 5.92 Å². The maximum atomic E-state index is 8.52. The summed E-state index contributed by atoms with van der Waals surface area (Å²) in [7, 11) is 0. The van der Waals surface area contributed by atoms with Crippen LogP contribution >= 0.6 is 0 Å². The van der Waals surface area contributed by atoms with E-state index in [1.165, 1.54) is 38.5 Å². The van der Waals surface area contributed by atoms with Gasteiger partial charge in [0.25, 0.3) is 0 Å². The molecule has 0 bridgehead atoms. The van der Waals surface area contributed by atoms with Gasteiger partial charge < -0.3 is 9.84 Å². The van der Waals surface area contributed by atoms with Crippen molar-refractivity contribution >= 4 is 0 Å². The second-order valence-corrected chi connectivity index (χ2v) is 4.25. The second-order valence-electron chi connectivity index (χ2n) is 4.25. The summed E-state index contributed by atoms with van der Waals surface area (Å²) in [5, 5.41) is 8.52. The number of aliphatic hydroxyl groups is 1. The molecule has 0 amide bonds. The summed E-state index contributed by atoms with van der Waals surface area (Å²) in [6, 6.07) is 0. The molecule has 0 aliphatic heterocycles. The van der Waals surface area contributed by atoms with E-state index in [4.69, 9.17) is 9.84 Å². The fourth-order valence-electron chi connectivity index (χ4n) is 1.85. The average molecular weight is 216 g/mol. The molecule has 0 aliphatic carbocycles. The molecule has 2 nitrogen and oxygen atoms in total. The number of rotatable bonds is 11. The molecule has 0 saturated carbocycles. The molecule has 0 spiro atoms. The van der Waals surface area contributed by atoms with E-state index in [9.17, 15) is 0 Å². The Kier molecular flexibility index (Phi) is 11.9. The third-order valence-electron chi connectivity index (χ3n) is 2.93. The van der Waals surface area contributed by atoms with Crippen LogP contribution in [0.5, 0.6) is 0 Å². The van der Waals surface area contributed by atoms with Crippen LogP contribution in [0, 0.1) is 5.92 Å². The fourth-order valence-corrected chi connectivity index (χ4v) is 1.85. The van der Waals surface area contributed by atoms with Gasteiger partial charge in [0.15, 0.2) is 0 Å². The van der Waals surface area contributed by atoms with Crippen LogP contribution < -0.4 is 0 Å². The fraction of sp³-hybridized carbons (Fsp3) is 1.00. The van der Waals surface area contributed by atoms with Crippen molar-refractivity contribution in [2.75, 3.05) is 19.8 Å². The smallest absolute Gasteiger partial charge is 0.0697 e. The minimum Gasteiger partial charge on any atom is -0.394 e. The second kappa shape index (κ2) is 12.0.